The summed E-state index contributed by atoms with van der Waals surface area (Å²) in [6.45, 7) is 0.657. The van der Waals surface area contributed by atoms with Gasteiger partial charge in [0.25, 0.3) is 0 Å². The number of nitrogens with two attached hydrogens (primary N) is 1. The molecule has 0 unspecified atom stereocenters. The van der Waals surface area contributed by atoms with Gasteiger partial charge in [-0.25, -0.2) is 4.39 Å². The molecule has 1 fully saturated rings. The van der Waals surface area contributed by atoms with E-state index in [1.54, 1.807) is 12.3 Å². The molecule has 2 aromatic rings. The minimum absolute atomic E-state index is 0.332. The summed E-state index contributed by atoms with van der Waals surface area (Å²) in [5.74, 6) is 1.26. The van der Waals surface area contributed by atoms with Gasteiger partial charge in [0.1, 0.15) is 17.4 Å². The van der Waals surface area contributed by atoms with Gasteiger partial charge in [-0.15, -0.1) is 0 Å². The Labute approximate surface area is 110 Å². The third kappa shape index (κ3) is 2.54. The van der Waals surface area contributed by atoms with Crippen molar-refractivity contribution in [3.63, 3.8) is 0 Å². The number of halogens is 1. The molecule has 0 saturated heterocycles. The predicted octanol–water partition coefficient (Wildman–Crippen LogP) is 2.98. The van der Waals surface area contributed by atoms with Crippen molar-refractivity contribution >= 4 is 5.82 Å². The number of H-pyrrole nitrogens is 1. The highest BCUT2D eigenvalue weighted by Crippen LogP contribution is 2.30. The number of aromatic nitrogens is 2. The maximum Gasteiger partial charge on any atom is 0.127 e. The SMILES string of the molecule is Nc1[nH]ncc1-c1cc(F)cc(OCC2CCC2)c1. The quantitative estimate of drug-likeness (QED) is 0.889. The summed E-state index contributed by atoms with van der Waals surface area (Å²) in [7, 11) is 0. The average Bonchev–Trinajstić information content (AvgIpc) is 2.73. The number of rotatable bonds is 4. The van der Waals surface area contributed by atoms with Gasteiger partial charge < -0.3 is 10.5 Å². The van der Waals surface area contributed by atoms with Crippen LogP contribution in [-0.4, -0.2) is 16.8 Å². The largest absolute Gasteiger partial charge is 0.493 e. The molecule has 0 spiro atoms. The molecule has 1 aromatic heterocycles. The number of hydrogen-bond acceptors (Lipinski definition) is 3. The second-order valence-electron chi connectivity index (χ2n) is 4.98. The first kappa shape index (κ1) is 12.0. The van der Waals surface area contributed by atoms with Crippen LogP contribution in [0.5, 0.6) is 5.75 Å². The Morgan fingerprint density at radius 1 is 1.37 bits per heavy atom. The molecule has 1 aliphatic rings. The van der Waals surface area contributed by atoms with Crippen molar-refractivity contribution in [2.75, 3.05) is 12.3 Å². The number of nitrogens with zero attached hydrogens (tertiary/aromatic N) is 1. The Morgan fingerprint density at radius 2 is 2.21 bits per heavy atom. The van der Waals surface area contributed by atoms with E-state index in [0.717, 1.165) is 0 Å². The number of hydrogen-bond donors (Lipinski definition) is 2. The second-order valence-corrected chi connectivity index (χ2v) is 4.98. The molecule has 4 nitrogen and oxygen atoms in total. The van der Waals surface area contributed by atoms with E-state index in [4.69, 9.17) is 10.5 Å². The highest BCUT2D eigenvalue weighted by atomic mass is 19.1. The molecule has 100 valence electrons. The van der Waals surface area contributed by atoms with Gasteiger partial charge in [-0.3, -0.25) is 5.10 Å². The van der Waals surface area contributed by atoms with Crippen LogP contribution in [0.2, 0.25) is 0 Å². The van der Waals surface area contributed by atoms with Gasteiger partial charge >= 0.3 is 0 Å². The van der Waals surface area contributed by atoms with Gasteiger partial charge in [0.15, 0.2) is 0 Å². The maximum absolute atomic E-state index is 13.6. The Morgan fingerprint density at radius 3 is 2.84 bits per heavy atom. The Balaban J connectivity index is 1.81. The molecule has 19 heavy (non-hydrogen) atoms. The number of aromatic amines is 1. The normalized spacial score (nSPS) is 15.2. The first-order valence-electron chi connectivity index (χ1n) is 6.45. The van der Waals surface area contributed by atoms with Crippen molar-refractivity contribution in [2.24, 2.45) is 5.92 Å². The topological polar surface area (TPSA) is 63.9 Å². The minimum Gasteiger partial charge on any atom is -0.493 e. The Hall–Kier alpha value is -2.04. The zero-order valence-electron chi connectivity index (χ0n) is 10.5. The molecule has 0 bridgehead atoms. The van der Waals surface area contributed by atoms with Crippen molar-refractivity contribution < 1.29 is 9.13 Å². The zero-order valence-corrected chi connectivity index (χ0v) is 10.5. The van der Waals surface area contributed by atoms with Crippen LogP contribution in [0, 0.1) is 11.7 Å². The minimum atomic E-state index is -0.332. The number of benzene rings is 1. The average molecular weight is 261 g/mol. The van der Waals surface area contributed by atoms with Crippen LogP contribution in [-0.2, 0) is 0 Å². The van der Waals surface area contributed by atoms with Gasteiger partial charge in [0.2, 0.25) is 0 Å². The number of nitrogen functional groups attached to an aromatic ring is 1. The molecule has 1 aromatic carbocycles. The van der Waals surface area contributed by atoms with Gasteiger partial charge in [-0.2, -0.15) is 5.10 Å². The smallest absolute Gasteiger partial charge is 0.127 e. The predicted molar refractivity (Wildman–Crippen MR) is 71.2 cm³/mol. The van der Waals surface area contributed by atoms with E-state index >= 15 is 0 Å². The van der Waals surface area contributed by atoms with Crippen molar-refractivity contribution in [3.8, 4) is 16.9 Å². The van der Waals surface area contributed by atoms with Crippen LogP contribution in [0.15, 0.2) is 24.4 Å². The summed E-state index contributed by atoms with van der Waals surface area (Å²) in [6, 6.07) is 4.62. The first-order chi connectivity index (χ1) is 9.22. The van der Waals surface area contributed by atoms with Crippen molar-refractivity contribution in [1.82, 2.24) is 10.2 Å². The summed E-state index contributed by atoms with van der Waals surface area (Å²) in [4.78, 5) is 0. The molecule has 3 N–H and O–H groups in total. The van der Waals surface area contributed by atoms with Crippen LogP contribution < -0.4 is 10.5 Å². The molecule has 0 amide bonds. The van der Waals surface area contributed by atoms with Crippen LogP contribution in [0.25, 0.3) is 11.1 Å². The van der Waals surface area contributed by atoms with E-state index < -0.39 is 0 Å². The lowest BCUT2D eigenvalue weighted by atomic mass is 9.86. The summed E-state index contributed by atoms with van der Waals surface area (Å²) in [5.41, 5.74) is 7.11. The third-order valence-corrected chi connectivity index (χ3v) is 3.56. The van der Waals surface area contributed by atoms with Gasteiger partial charge in [0.05, 0.1) is 12.8 Å². The van der Waals surface area contributed by atoms with Crippen LogP contribution >= 0.6 is 0 Å². The highest BCUT2D eigenvalue weighted by molar-refractivity contribution is 5.73. The fourth-order valence-corrected chi connectivity index (χ4v) is 2.20. The van der Waals surface area contributed by atoms with Crippen molar-refractivity contribution in [1.29, 1.82) is 0 Å². The zero-order chi connectivity index (χ0) is 13.2. The van der Waals surface area contributed by atoms with Crippen molar-refractivity contribution in [3.05, 3.63) is 30.2 Å². The van der Waals surface area contributed by atoms with Crippen molar-refractivity contribution in [2.45, 2.75) is 19.3 Å². The van der Waals surface area contributed by atoms with Gasteiger partial charge in [0, 0.05) is 11.6 Å². The van der Waals surface area contributed by atoms with Crippen LogP contribution in [0.3, 0.4) is 0 Å². The molecule has 0 atom stereocenters. The highest BCUT2D eigenvalue weighted by Gasteiger charge is 2.18. The monoisotopic (exact) mass is 261 g/mol. The molecule has 3 rings (SSSR count). The third-order valence-electron chi connectivity index (χ3n) is 3.56. The summed E-state index contributed by atoms with van der Waals surface area (Å²) >= 11 is 0. The Bertz CT molecular complexity index is 578. The van der Waals surface area contributed by atoms with Gasteiger partial charge in [-0.1, -0.05) is 6.42 Å². The van der Waals surface area contributed by atoms with E-state index in [0.29, 0.717) is 35.2 Å². The number of nitrogens with one attached hydrogen (secondary N) is 1. The molecule has 1 saturated carbocycles. The fraction of sp³-hybridized carbons (Fsp3) is 0.357. The van der Waals surface area contributed by atoms with E-state index in [1.807, 2.05) is 0 Å². The van der Waals surface area contributed by atoms with Gasteiger partial charge in [-0.05, 0) is 36.5 Å². The lowest BCUT2D eigenvalue weighted by Gasteiger charge is -2.25. The summed E-state index contributed by atoms with van der Waals surface area (Å²) < 4.78 is 19.3. The molecule has 5 heteroatoms. The Kier molecular flexibility index (Phi) is 3.11. The molecule has 0 aliphatic heterocycles. The van der Waals surface area contributed by atoms with Crippen LogP contribution in [0.4, 0.5) is 10.2 Å². The second kappa shape index (κ2) is 4.91. The van der Waals surface area contributed by atoms with E-state index in [9.17, 15) is 4.39 Å². The lowest BCUT2D eigenvalue weighted by molar-refractivity contribution is 0.180. The standard InChI is InChI=1S/C14H16FN3O/c15-11-4-10(13-7-17-18-14(13)16)5-12(6-11)19-8-9-2-1-3-9/h4-7,9H,1-3,8H2,(H3,16,17,18). The fourth-order valence-electron chi connectivity index (χ4n) is 2.20. The summed E-state index contributed by atoms with van der Waals surface area (Å²) in [6.07, 6.45) is 5.27. The van der Waals surface area contributed by atoms with E-state index in [2.05, 4.69) is 10.2 Å². The molecular weight excluding hydrogens is 245 g/mol. The number of ether oxygens (including phenoxy) is 1. The number of anilines is 1. The first-order valence-corrected chi connectivity index (χ1v) is 6.45. The molecule has 1 heterocycles. The molecular formula is C14H16FN3O. The van der Waals surface area contributed by atoms with Crippen LogP contribution in [0.1, 0.15) is 19.3 Å². The summed E-state index contributed by atoms with van der Waals surface area (Å²) in [5, 5.41) is 6.48. The maximum atomic E-state index is 13.6. The molecule has 1 aliphatic carbocycles. The molecule has 0 radical (unpaired) electrons. The lowest BCUT2D eigenvalue weighted by Crippen LogP contribution is -2.19. The van der Waals surface area contributed by atoms with E-state index in [-0.39, 0.29) is 5.82 Å². The van der Waals surface area contributed by atoms with E-state index in [1.165, 1.54) is 31.4 Å².